The maximum absolute atomic E-state index is 12.1. The number of hydrogen-bond donors (Lipinski definition) is 6. The highest BCUT2D eigenvalue weighted by molar-refractivity contribution is 6.27. The summed E-state index contributed by atoms with van der Waals surface area (Å²) in [5.41, 5.74) is 0.752. The van der Waals surface area contributed by atoms with Crippen molar-refractivity contribution in [2.45, 2.75) is 13.0 Å². The number of benzene rings is 2. The van der Waals surface area contributed by atoms with Crippen LogP contribution >= 0.6 is 0 Å². The number of nitrogens with zero attached hydrogens (tertiary/aromatic N) is 1. The average Bonchev–Trinajstić information content (AvgIpc) is 2.81. The van der Waals surface area contributed by atoms with Crippen LogP contribution in [0, 0.1) is 0 Å². The molecule has 6 N–H and O–H groups in total. The van der Waals surface area contributed by atoms with Gasteiger partial charge in [-0.2, -0.15) is 0 Å². The quantitative estimate of drug-likeness (QED) is 0.280. The minimum Gasteiger partial charge on any atom is -0.473 e. The number of nitrogens with one attached hydrogen (secondary N) is 2. The number of carboxylic acids is 4. The lowest BCUT2D eigenvalue weighted by atomic mass is 10.2. The minimum absolute atomic E-state index is 0.0505. The van der Waals surface area contributed by atoms with Crippen LogP contribution in [0.3, 0.4) is 0 Å². The molecule has 0 aliphatic heterocycles. The van der Waals surface area contributed by atoms with Crippen molar-refractivity contribution >= 4 is 35.5 Å². The van der Waals surface area contributed by atoms with E-state index in [1.807, 2.05) is 75.6 Å². The highest BCUT2D eigenvalue weighted by Crippen LogP contribution is 2.22. The van der Waals surface area contributed by atoms with Crippen molar-refractivity contribution in [3.63, 3.8) is 0 Å². The summed E-state index contributed by atoms with van der Waals surface area (Å²) in [6.07, 6.45) is 0. The second kappa shape index (κ2) is 17.0. The van der Waals surface area contributed by atoms with Crippen LogP contribution in [0.4, 0.5) is 5.69 Å². The van der Waals surface area contributed by atoms with E-state index in [0.29, 0.717) is 0 Å². The Balaban J connectivity index is 0.000000846. The first kappa shape index (κ1) is 31.5. The predicted octanol–water partition coefficient (Wildman–Crippen LogP) is 1.27. The van der Waals surface area contributed by atoms with Gasteiger partial charge in [0, 0.05) is 18.8 Å². The van der Waals surface area contributed by atoms with Crippen molar-refractivity contribution in [3.8, 4) is 11.5 Å². The fraction of sp³-hybridized carbons (Fsp3) is 0.261. The van der Waals surface area contributed by atoms with Crippen molar-refractivity contribution in [1.82, 2.24) is 10.2 Å². The van der Waals surface area contributed by atoms with Crippen LogP contribution in [0.1, 0.15) is 6.92 Å². The van der Waals surface area contributed by atoms with E-state index in [9.17, 15) is 4.79 Å². The Morgan fingerprint density at radius 3 is 1.64 bits per heavy atom. The van der Waals surface area contributed by atoms with Gasteiger partial charge in [0.05, 0.1) is 6.04 Å². The first-order chi connectivity index (χ1) is 16.8. The molecule has 36 heavy (non-hydrogen) atoms. The van der Waals surface area contributed by atoms with E-state index in [4.69, 9.17) is 44.3 Å². The molecule has 0 aliphatic rings. The van der Waals surface area contributed by atoms with Crippen LogP contribution in [0.2, 0.25) is 0 Å². The fourth-order valence-corrected chi connectivity index (χ4v) is 2.08. The van der Waals surface area contributed by atoms with Crippen molar-refractivity contribution in [1.29, 1.82) is 0 Å². The van der Waals surface area contributed by atoms with E-state index in [2.05, 4.69) is 15.5 Å². The zero-order chi connectivity index (χ0) is 27.7. The molecule has 13 nitrogen and oxygen atoms in total. The normalized spacial score (nSPS) is 10.4. The van der Waals surface area contributed by atoms with Crippen molar-refractivity contribution < 1.29 is 49.1 Å². The van der Waals surface area contributed by atoms with Crippen LogP contribution in [0.15, 0.2) is 54.6 Å². The number of hydrogen-bond acceptors (Lipinski definition) is 8. The van der Waals surface area contributed by atoms with Gasteiger partial charge in [0.1, 0.15) is 11.5 Å². The molecule has 0 radical (unpaired) electrons. The van der Waals surface area contributed by atoms with E-state index >= 15 is 0 Å². The molecule has 0 fully saturated rings. The zero-order valence-electron chi connectivity index (χ0n) is 19.9. The van der Waals surface area contributed by atoms with Gasteiger partial charge in [0.2, 0.25) is 5.91 Å². The molecule has 0 saturated carbocycles. The summed E-state index contributed by atoms with van der Waals surface area (Å²) in [6, 6.07) is 16.7. The van der Waals surface area contributed by atoms with E-state index in [1.165, 1.54) is 0 Å². The van der Waals surface area contributed by atoms with Crippen molar-refractivity contribution in [3.05, 3.63) is 54.6 Å². The second-order valence-electron chi connectivity index (χ2n) is 7.13. The molecule has 1 amide bonds. The maximum Gasteiger partial charge on any atom is 0.414 e. The maximum atomic E-state index is 12.1. The Hall–Kier alpha value is -4.49. The third-order valence-electron chi connectivity index (χ3n) is 3.87. The third kappa shape index (κ3) is 15.4. The summed E-state index contributed by atoms with van der Waals surface area (Å²) in [5, 5.41) is 35.7. The van der Waals surface area contributed by atoms with Gasteiger partial charge in [-0.1, -0.05) is 18.2 Å². The van der Waals surface area contributed by atoms with Crippen molar-refractivity contribution in [2.24, 2.45) is 0 Å². The van der Waals surface area contributed by atoms with Gasteiger partial charge in [-0.15, -0.1) is 0 Å². The van der Waals surface area contributed by atoms with E-state index in [0.717, 1.165) is 30.3 Å². The van der Waals surface area contributed by atoms with Gasteiger partial charge in [-0.05, 0) is 57.4 Å². The molecule has 196 valence electrons. The van der Waals surface area contributed by atoms with Gasteiger partial charge in [-0.25, -0.2) is 19.2 Å². The average molecular weight is 507 g/mol. The van der Waals surface area contributed by atoms with E-state index in [1.54, 1.807) is 0 Å². The Morgan fingerprint density at radius 2 is 1.22 bits per heavy atom. The van der Waals surface area contributed by atoms with Gasteiger partial charge in [0.25, 0.3) is 0 Å². The highest BCUT2D eigenvalue weighted by Gasteiger charge is 2.12. The first-order valence-electron chi connectivity index (χ1n) is 10.3. The highest BCUT2D eigenvalue weighted by atomic mass is 16.5. The molecule has 0 spiro atoms. The lowest BCUT2D eigenvalue weighted by Crippen LogP contribution is -2.41. The number of anilines is 1. The number of ether oxygens (including phenoxy) is 1. The molecule has 0 bridgehead atoms. The Morgan fingerprint density at radius 1 is 0.778 bits per heavy atom. The van der Waals surface area contributed by atoms with Gasteiger partial charge >= 0.3 is 23.9 Å². The van der Waals surface area contributed by atoms with Gasteiger partial charge in [0.15, 0.2) is 0 Å². The van der Waals surface area contributed by atoms with Crippen LogP contribution in [0.5, 0.6) is 11.5 Å². The molecule has 1 unspecified atom stereocenters. The number of likely N-dealkylation sites (N-methyl/N-ethyl adjacent to an activating group) is 1. The lowest BCUT2D eigenvalue weighted by Gasteiger charge is -2.16. The van der Waals surface area contributed by atoms with Crippen molar-refractivity contribution in [2.75, 3.05) is 32.5 Å². The topological polar surface area (TPSA) is 203 Å². The summed E-state index contributed by atoms with van der Waals surface area (Å²) < 4.78 is 5.73. The second-order valence-corrected chi connectivity index (χ2v) is 7.13. The van der Waals surface area contributed by atoms with E-state index in [-0.39, 0.29) is 11.9 Å². The summed E-state index contributed by atoms with van der Waals surface area (Å²) >= 11 is 0. The Kier molecular flexibility index (Phi) is 14.9. The van der Waals surface area contributed by atoms with E-state index < -0.39 is 23.9 Å². The number of amides is 1. The number of carbonyl (C=O) groups is 5. The number of aliphatic carboxylic acids is 4. The van der Waals surface area contributed by atoms with Crippen LogP contribution in [-0.4, -0.2) is 88.3 Å². The van der Waals surface area contributed by atoms with Crippen LogP contribution < -0.4 is 15.4 Å². The summed E-state index contributed by atoms with van der Waals surface area (Å²) in [5.74, 6) is -5.83. The number of rotatable bonds is 8. The molecule has 0 saturated heterocycles. The summed E-state index contributed by atoms with van der Waals surface area (Å²) in [7, 11) is 4.01. The molecule has 0 aliphatic carbocycles. The number of carbonyl (C=O) groups excluding carboxylic acids is 1. The minimum atomic E-state index is -1.82. The summed E-state index contributed by atoms with van der Waals surface area (Å²) in [6.45, 7) is 3.52. The number of para-hydroxylation sites is 1. The predicted molar refractivity (Wildman–Crippen MR) is 128 cm³/mol. The molecule has 0 heterocycles. The molecule has 0 aromatic heterocycles. The molecule has 2 aromatic rings. The SMILES string of the molecule is CC(NCCN(C)C)C(=O)Nc1ccc(Oc2ccccc2)cc1.O=C(O)C(=O)O.O=C(O)C(=O)O. The largest absolute Gasteiger partial charge is 0.473 e. The molecular weight excluding hydrogens is 478 g/mol. The fourth-order valence-electron chi connectivity index (χ4n) is 2.08. The van der Waals surface area contributed by atoms with Gasteiger partial charge < -0.3 is 40.7 Å². The Labute approximate surface area is 206 Å². The summed E-state index contributed by atoms with van der Waals surface area (Å²) in [4.78, 5) is 50.6. The molecule has 13 heteroatoms. The number of carboxylic acid groups (broad SMARTS) is 4. The zero-order valence-corrected chi connectivity index (χ0v) is 19.9. The third-order valence-corrected chi connectivity index (χ3v) is 3.87. The smallest absolute Gasteiger partial charge is 0.414 e. The molecule has 1 atom stereocenters. The molecular formula is C23H29N3O10. The van der Waals surface area contributed by atoms with Crippen LogP contribution in [0.25, 0.3) is 0 Å². The Bertz CT molecular complexity index is 947. The monoisotopic (exact) mass is 507 g/mol. The molecule has 2 rings (SSSR count). The van der Waals surface area contributed by atoms with Gasteiger partial charge in [-0.3, -0.25) is 4.79 Å². The lowest BCUT2D eigenvalue weighted by molar-refractivity contribution is -0.159. The molecule has 2 aromatic carbocycles. The van der Waals surface area contributed by atoms with Crippen LogP contribution in [-0.2, 0) is 24.0 Å². The standard InChI is InChI=1S/C19H25N3O2.2C2H2O4/c1-15(20-13-14-22(2)3)19(23)21-16-9-11-18(12-10-16)24-17-7-5-4-6-8-17;2*3-1(4)2(5)6/h4-12,15,20H,13-14H2,1-3H3,(H,21,23);2*(H,3,4)(H,5,6). The first-order valence-corrected chi connectivity index (χ1v) is 10.3.